The molecular weight excluding hydrogens is 446 g/mol. The third kappa shape index (κ3) is 4.45. The lowest BCUT2D eigenvalue weighted by Crippen LogP contribution is -2.42. The van der Waals surface area contributed by atoms with Crippen molar-refractivity contribution in [1.82, 2.24) is 5.32 Å². The number of halogens is 2. The number of rotatable bonds is 6. The molecule has 3 N–H and O–H groups in total. The molecule has 2 amide bonds. The van der Waals surface area contributed by atoms with E-state index in [1.54, 1.807) is 0 Å². The molecule has 0 saturated heterocycles. The second kappa shape index (κ2) is 9.30. The highest BCUT2D eigenvalue weighted by atomic mass is 19.1. The van der Waals surface area contributed by atoms with Gasteiger partial charge in [0.15, 0.2) is 0 Å². The van der Waals surface area contributed by atoms with Gasteiger partial charge in [0.2, 0.25) is 5.91 Å². The summed E-state index contributed by atoms with van der Waals surface area (Å²) in [5.74, 6) is -5.03. The Hall–Kier alpha value is -4.27. The van der Waals surface area contributed by atoms with Gasteiger partial charge in [-0.1, -0.05) is 48.5 Å². The first-order valence-corrected chi connectivity index (χ1v) is 10.4. The third-order valence-corrected chi connectivity index (χ3v) is 5.62. The van der Waals surface area contributed by atoms with Crippen LogP contribution in [0.15, 0.2) is 60.7 Å². The van der Waals surface area contributed by atoms with Gasteiger partial charge in [0.1, 0.15) is 24.3 Å². The van der Waals surface area contributed by atoms with E-state index in [0.717, 1.165) is 22.3 Å². The van der Waals surface area contributed by atoms with E-state index in [0.29, 0.717) is 12.1 Å². The number of amides is 2. The van der Waals surface area contributed by atoms with E-state index in [1.165, 1.54) is 6.92 Å². The summed E-state index contributed by atoms with van der Waals surface area (Å²) in [5.41, 5.74) is 2.88. The fraction of sp³-hybridized carbons (Fsp3) is 0.160. The minimum atomic E-state index is -1.61. The largest absolute Gasteiger partial charge is 0.478 e. The van der Waals surface area contributed by atoms with E-state index in [1.807, 2.05) is 48.5 Å². The highest BCUT2D eigenvalue weighted by Gasteiger charge is 2.29. The van der Waals surface area contributed by atoms with Crippen LogP contribution in [-0.4, -0.2) is 35.7 Å². The minimum absolute atomic E-state index is 0.0444. The Morgan fingerprint density at radius 3 is 2.15 bits per heavy atom. The van der Waals surface area contributed by atoms with Crippen molar-refractivity contribution in [3.63, 3.8) is 0 Å². The molecule has 0 aromatic heterocycles. The molecule has 174 valence electrons. The maximum Gasteiger partial charge on any atom is 0.407 e. The van der Waals surface area contributed by atoms with Crippen molar-refractivity contribution in [3.05, 3.63) is 89.0 Å². The average Bonchev–Trinajstić information content (AvgIpc) is 3.13. The molecule has 0 unspecified atom stereocenters. The van der Waals surface area contributed by atoms with Crippen molar-refractivity contribution in [2.24, 2.45) is 0 Å². The molecule has 0 fully saturated rings. The summed E-state index contributed by atoms with van der Waals surface area (Å²) in [6.07, 6.45) is -0.852. The fourth-order valence-corrected chi connectivity index (χ4v) is 3.93. The molecule has 0 heterocycles. The first-order valence-electron chi connectivity index (χ1n) is 10.4. The number of ether oxygens (including phenoxy) is 1. The Morgan fingerprint density at radius 1 is 0.971 bits per heavy atom. The quantitative estimate of drug-likeness (QED) is 0.495. The summed E-state index contributed by atoms with van der Waals surface area (Å²) < 4.78 is 32.9. The van der Waals surface area contributed by atoms with E-state index >= 15 is 0 Å². The number of alkyl carbamates (subject to hydrolysis) is 1. The SMILES string of the molecule is C[C@H](NC(=O)OCC1c2ccccc2-c2ccccc21)C(=O)Nc1cc(C(=O)O)c(F)cc1F. The lowest BCUT2D eigenvalue weighted by molar-refractivity contribution is -0.117. The van der Waals surface area contributed by atoms with E-state index in [9.17, 15) is 23.2 Å². The molecule has 9 heteroatoms. The summed E-state index contributed by atoms with van der Waals surface area (Å²) in [6.45, 7) is 1.39. The Bertz CT molecular complexity index is 1250. The summed E-state index contributed by atoms with van der Waals surface area (Å²) >= 11 is 0. The number of carboxylic acid groups (broad SMARTS) is 1. The van der Waals surface area contributed by atoms with E-state index in [2.05, 4.69) is 10.6 Å². The van der Waals surface area contributed by atoms with Crippen LogP contribution in [0.25, 0.3) is 11.1 Å². The summed E-state index contributed by atoms with van der Waals surface area (Å²) in [7, 11) is 0. The lowest BCUT2D eigenvalue weighted by atomic mass is 9.98. The van der Waals surface area contributed by atoms with Gasteiger partial charge in [-0.15, -0.1) is 0 Å². The highest BCUT2D eigenvalue weighted by Crippen LogP contribution is 2.44. The number of anilines is 1. The van der Waals surface area contributed by atoms with Crippen molar-refractivity contribution in [2.75, 3.05) is 11.9 Å². The fourth-order valence-electron chi connectivity index (χ4n) is 3.93. The Kier molecular flexibility index (Phi) is 6.27. The summed E-state index contributed by atoms with van der Waals surface area (Å²) in [5, 5.41) is 13.5. The third-order valence-electron chi connectivity index (χ3n) is 5.62. The number of aromatic carboxylic acids is 1. The van der Waals surface area contributed by atoms with Gasteiger partial charge in [-0.3, -0.25) is 4.79 Å². The number of nitrogens with one attached hydrogen (secondary N) is 2. The van der Waals surface area contributed by atoms with Crippen molar-refractivity contribution in [1.29, 1.82) is 0 Å². The standard InChI is InChI=1S/C25H20F2N2O5/c1-13(23(30)29-22-10-18(24(31)32)20(26)11-21(22)27)28-25(33)34-12-19-16-8-4-2-6-14(16)15-7-3-5-9-17(15)19/h2-11,13,19H,12H2,1H3,(H,28,33)(H,29,30)(H,31,32)/t13-/m0/s1. The predicted molar refractivity (Wildman–Crippen MR) is 120 cm³/mol. The molecular formula is C25H20F2N2O5. The van der Waals surface area contributed by atoms with E-state index in [4.69, 9.17) is 9.84 Å². The average molecular weight is 466 g/mol. The molecule has 0 radical (unpaired) electrons. The zero-order valence-corrected chi connectivity index (χ0v) is 18.0. The van der Waals surface area contributed by atoms with Crippen molar-refractivity contribution >= 4 is 23.7 Å². The smallest absolute Gasteiger partial charge is 0.407 e. The molecule has 0 aliphatic heterocycles. The van der Waals surface area contributed by atoms with Gasteiger partial charge in [-0.05, 0) is 35.2 Å². The lowest BCUT2D eigenvalue weighted by Gasteiger charge is -2.17. The van der Waals surface area contributed by atoms with Crippen LogP contribution < -0.4 is 10.6 Å². The van der Waals surface area contributed by atoms with Gasteiger partial charge in [-0.25, -0.2) is 18.4 Å². The monoisotopic (exact) mass is 466 g/mol. The molecule has 0 saturated carbocycles. The van der Waals surface area contributed by atoms with Crippen molar-refractivity contribution in [3.8, 4) is 11.1 Å². The van der Waals surface area contributed by atoms with Crippen LogP contribution in [0, 0.1) is 11.6 Å². The zero-order chi connectivity index (χ0) is 24.4. The predicted octanol–water partition coefficient (Wildman–Crippen LogP) is 4.53. The number of benzene rings is 3. The Balaban J connectivity index is 1.38. The number of carboxylic acids is 1. The van der Waals surface area contributed by atoms with E-state index < -0.39 is 46.9 Å². The Labute approximate surface area is 193 Å². The van der Waals surface area contributed by atoms with Gasteiger partial charge < -0.3 is 20.5 Å². The number of carbonyl (C=O) groups excluding carboxylic acids is 2. The second-order valence-electron chi connectivity index (χ2n) is 7.80. The maximum atomic E-state index is 14.0. The molecule has 3 aromatic carbocycles. The van der Waals surface area contributed by atoms with Crippen LogP contribution in [0.4, 0.5) is 19.3 Å². The van der Waals surface area contributed by atoms with E-state index in [-0.39, 0.29) is 12.5 Å². The number of hydrogen-bond donors (Lipinski definition) is 3. The van der Waals surface area contributed by atoms with Crippen molar-refractivity contribution < 1.29 is 33.0 Å². The van der Waals surface area contributed by atoms with Crippen LogP contribution in [0.5, 0.6) is 0 Å². The van der Waals surface area contributed by atoms with Gasteiger partial charge in [-0.2, -0.15) is 0 Å². The molecule has 1 atom stereocenters. The second-order valence-corrected chi connectivity index (χ2v) is 7.80. The van der Waals surface area contributed by atoms with Crippen LogP contribution in [0.3, 0.4) is 0 Å². The van der Waals surface area contributed by atoms with Crippen LogP contribution >= 0.6 is 0 Å². The molecule has 4 rings (SSSR count). The van der Waals surface area contributed by atoms with Crippen LogP contribution in [0.2, 0.25) is 0 Å². The normalized spacial score (nSPS) is 12.9. The molecule has 3 aromatic rings. The molecule has 0 spiro atoms. The summed E-state index contributed by atoms with van der Waals surface area (Å²) in [6, 6.07) is 15.5. The first kappa shape index (κ1) is 22.9. The highest BCUT2D eigenvalue weighted by molar-refractivity contribution is 5.98. The molecule has 0 bridgehead atoms. The molecule has 1 aliphatic rings. The Morgan fingerprint density at radius 2 is 1.56 bits per heavy atom. The number of fused-ring (bicyclic) bond motifs is 3. The van der Waals surface area contributed by atoms with Crippen molar-refractivity contribution in [2.45, 2.75) is 18.9 Å². The minimum Gasteiger partial charge on any atom is -0.478 e. The van der Waals surface area contributed by atoms with Gasteiger partial charge >= 0.3 is 12.1 Å². The van der Waals surface area contributed by atoms with Gasteiger partial charge in [0.25, 0.3) is 0 Å². The van der Waals surface area contributed by atoms with Gasteiger partial charge in [0, 0.05) is 12.0 Å². The molecule has 7 nitrogen and oxygen atoms in total. The molecule has 1 aliphatic carbocycles. The van der Waals surface area contributed by atoms with Crippen LogP contribution in [0.1, 0.15) is 34.3 Å². The number of carbonyl (C=O) groups is 3. The topological polar surface area (TPSA) is 105 Å². The zero-order valence-electron chi connectivity index (χ0n) is 18.0. The molecule has 34 heavy (non-hydrogen) atoms. The first-order chi connectivity index (χ1) is 16.3. The van der Waals surface area contributed by atoms with Crippen LogP contribution in [-0.2, 0) is 9.53 Å². The number of hydrogen-bond acceptors (Lipinski definition) is 4. The summed E-state index contributed by atoms with van der Waals surface area (Å²) in [4.78, 5) is 35.7. The van der Waals surface area contributed by atoms with Gasteiger partial charge in [0.05, 0.1) is 11.3 Å². The maximum absolute atomic E-state index is 14.0.